The number of benzene rings is 3. The van der Waals surface area contributed by atoms with Crippen LogP contribution in [0.2, 0.25) is 0 Å². The molecule has 3 aromatic carbocycles. The van der Waals surface area contributed by atoms with Crippen LogP contribution in [0.15, 0.2) is 83.1 Å². The van der Waals surface area contributed by atoms with Crippen molar-refractivity contribution in [2.75, 3.05) is 10.2 Å². The average molecular weight is 542 g/mol. The minimum atomic E-state index is -4.55. The van der Waals surface area contributed by atoms with Crippen molar-refractivity contribution in [3.05, 3.63) is 95.1 Å². The topological polar surface area (TPSA) is 138 Å². The number of alkyl halides is 3. The lowest BCUT2D eigenvalue weighted by molar-refractivity contribution is -0.137. The lowest BCUT2D eigenvalue weighted by Gasteiger charge is -2.25. The zero-order chi connectivity index (χ0) is 28.8. The molecule has 0 saturated heterocycles. The molecule has 3 rings (SSSR count). The predicted molar refractivity (Wildman–Crippen MR) is 143 cm³/mol. The van der Waals surface area contributed by atoms with Crippen molar-refractivity contribution in [2.45, 2.75) is 45.2 Å². The highest BCUT2D eigenvalue weighted by Gasteiger charge is 2.30. The Morgan fingerprint density at radius 3 is 2.15 bits per heavy atom. The summed E-state index contributed by atoms with van der Waals surface area (Å²) in [6.45, 7) is 6.25. The summed E-state index contributed by atoms with van der Waals surface area (Å²) in [7, 11) is 0. The first-order chi connectivity index (χ1) is 18.3. The third-order valence-corrected chi connectivity index (χ3v) is 5.76. The molecule has 1 atom stereocenters. The molecule has 9 nitrogen and oxygen atoms in total. The van der Waals surface area contributed by atoms with Crippen molar-refractivity contribution in [3.63, 3.8) is 0 Å². The van der Waals surface area contributed by atoms with E-state index in [2.05, 4.69) is 41.7 Å². The number of anilines is 2. The maximum absolute atomic E-state index is 13.3. The van der Waals surface area contributed by atoms with E-state index >= 15 is 0 Å². The fourth-order valence-corrected chi connectivity index (χ4v) is 3.65. The van der Waals surface area contributed by atoms with Gasteiger partial charge in [0.2, 0.25) is 0 Å². The second-order valence-corrected chi connectivity index (χ2v) is 9.74. The van der Waals surface area contributed by atoms with Crippen molar-refractivity contribution < 1.29 is 22.8 Å². The van der Waals surface area contributed by atoms with Crippen molar-refractivity contribution in [2.24, 2.45) is 21.9 Å². The lowest BCUT2D eigenvalue weighted by Crippen LogP contribution is -2.39. The van der Waals surface area contributed by atoms with Gasteiger partial charge in [-0.25, -0.2) is 4.79 Å². The Bertz CT molecular complexity index is 1320. The van der Waals surface area contributed by atoms with Crippen LogP contribution in [0.25, 0.3) is 0 Å². The number of rotatable bonds is 7. The summed E-state index contributed by atoms with van der Waals surface area (Å²) in [5.41, 5.74) is 7.11. The summed E-state index contributed by atoms with van der Waals surface area (Å²) in [5.74, 6) is 4.42. The fourth-order valence-electron chi connectivity index (χ4n) is 3.65. The Hall–Kier alpha value is -4.45. The fraction of sp³-hybridized carbons (Fsp3) is 0.259. The summed E-state index contributed by atoms with van der Waals surface area (Å²) >= 11 is 0. The number of carbonyl (C=O) groups is 2. The molecular weight excluding hydrogens is 511 g/mol. The molecule has 0 fully saturated rings. The highest BCUT2D eigenvalue weighted by Crippen LogP contribution is 2.31. The SMILES string of the molecule is CC(C)(C)c1ccc(N(Cc2ccc(C(=O)NC(N)N=NN)cc2)C(=O)Nc2cccc(C(F)(F)F)c2)cc1. The van der Waals surface area contributed by atoms with Crippen LogP contribution >= 0.6 is 0 Å². The van der Waals surface area contributed by atoms with Crippen LogP contribution in [0.5, 0.6) is 0 Å². The van der Waals surface area contributed by atoms with Gasteiger partial charge in [-0.3, -0.25) is 15.4 Å². The molecule has 0 bridgehead atoms. The molecule has 3 aromatic rings. The van der Waals surface area contributed by atoms with E-state index in [1.165, 1.54) is 17.0 Å². The first kappa shape index (κ1) is 29.1. The number of hydrogen-bond donors (Lipinski definition) is 4. The quantitative estimate of drug-likeness (QED) is 0.135. The van der Waals surface area contributed by atoms with Crippen LogP contribution in [0.4, 0.5) is 29.3 Å². The molecule has 39 heavy (non-hydrogen) atoms. The number of carbonyl (C=O) groups excluding carboxylic acids is 2. The largest absolute Gasteiger partial charge is 0.416 e. The van der Waals surface area contributed by atoms with E-state index in [9.17, 15) is 22.8 Å². The summed E-state index contributed by atoms with van der Waals surface area (Å²) in [6, 6.07) is 17.5. The van der Waals surface area contributed by atoms with E-state index in [1.54, 1.807) is 36.4 Å². The van der Waals surface area contributed by atoms with Gasteiger partial charge in [-0.2, -0.15) is 13.2 Å². The summed E-state index contributed by atoms with van der Waals surface area (Å²) in [5, 5.41) is 11.4. The monoisotopic (exact) mass is 541 g/mol. The smallest absolute Gasteiger partial charge is 0.317 e. The number of nitrogens with two attached hydrogens (primary N) is 2. The van der Waals surface area contributed by atoms with Crippen LogP contribution in [0, 0.1) is 0 Å². The second-order valence-electron chi connectivity index (χ2n) is 9.74. The zero-order valence-corrected chi connectivity index (χ0v) is 21.7. The molecule has 0 radical (unpaired) electrons. The van der Waals surface area contributed by atoms with Gasteiger partial charge in [-0.15, -0.1) is 5.11 Å². The molecule has 12 heteroatoms. The van der Waals surface area contributed by atoms with Crippen molar-refractivity contribution in [1.82, 2.24) is 5.32 Å². The first-order valence-electron chi connectivity index (χ1n) is 11.9. The molecule has 0 spiro atoms. The number of urea groups is 1. The second kappa shape index (κ2) is 11.9. The molecule has 1 unspecified atom stereocenters. The Morgan fingerprint density at radius 1 is 0.949 bits per heavy atom. The van der Waals surface area contributed by atoms with Crippen LogP contribution in [0.1, 0.15) is 47.8 Å². The van der Waals surface area contributed by atoms with Gasteiger partial charge in [0.25, 0.3) is 5.91 Å². The molecule has 0 aliphatic carbocycles. The molecule has 0 heterocycles. The molecular formula is C27H30F3N7O2. The van der Waals surface area contributed by atoms with Gasteiger partial charge in [0.1, 0.15) is 0 Å². The molecule has 6 N–H and O–H groups in total. The third-order valence-electron chi connectivity index (χ3n) is 5.76. The minimum absolute atomic E-state index is 0.00382. The molecule has 0 aliphatic heterocycles. The predicted octanol–water partition coefficient (Wildman–Crippen LogP) is 5.54. The maximum Gasteiger partial charge on any atom is 0.416 e. The molecule has 206 valence electrons. The summed E-state index contributed by atoms with van der Waals surface area (Å²) < 4.78 is 39.5. The Kier molecular flexibility index (Phi) is 8.92. The Labute approximate surface area is 224 Å². The van der Waals surface area contributed by atoms with Gasteiger partial charge in [-0.1, -0.05) is 56.3 Å². The van der Waals surface area contributed by atoms with Crippen LogP contribution in [-0.4, -0.2) is 18.2 Å². The van der Waals surface area contributed by atoms with Gasteiger partial charge in [0.05, 0.1) is 12.1 Å². The van der Waals surface area contributed by atoms with Gasteiger partial charge >= 0.3 is 12.2 Å². The van der Waals surface area contributed by atoms with Gasteiger partial charge < -0.3 is 16.5 Å². The van der Waals surface area contributed by atoms with Crippen LogP contribution in [0.3, 0.4) is 0 Å². The molecule has 0 aromatic heterocycles. The maximum atomic E-state index is 13.3. The van der Waals surface area contributed by atoms with E-state index in [-0.39, 0.29) is 23.2 Å². The normalized spacial score (nSPS) is 12.7. The minimum Gasteiger partial charge on any atom is -0.317 e. The van der Waals surface area contributed by atoms with Gasteiger partial charge in [-0.05, 0) is 59.0 Å². The number of nitrogens with zero attached hydrogens (tertiary/aromatic N) is 3. The first-order valence-corrected chi connectivity index (χ1v) is 11.9. The highest BCUT2D eigenvalue weighted by atomic mass is 19.4. The number of halogens is 3. The number of hydrogen-bond acceptors (Lipinski definition) is 5. The Balaban J connectivity index is 1.87. The zero-order valence-electron chi connectivity index (χ0n) is 21.7. The van der Waals surface area contributed by atoms with Crippen molar-refractivity contribution in [1.29, 1.82) is 0 Å². The number of amides is 3. The van der Waals surface area contributed by atoms with Crippen LogP contribution < -0.4 is 27.1 Å². The molecule has 0 saturated carbocycles. The number of nitrogens with one attached hydrogen (secondary N) is 2. The van der Waals surface area contributed by atoms with E-state index in [0.29, 0.717) is 11.3 Å². The standard InChI is InChI=1S/C27H30F3N7O2/c1-26(2,3)19-11-13-22(14-12-19)37(25(39)33-21-6-4-5-20(15-21)27(28,29)30)16-17-7-9-18(10-8-17)23(38)34-24(31)35-36-32/h4-15,24H,16,31H2,1-3H3,(H2,32,35)(H,33,39)(H,34,38). The highest BCUT2D eigenvalue weighted by molar-refractivity contribution is 6.01. The third kappa shape index (κ3) is 8.01. The van der Waals surface area contributed by atoms with E-state index in [0.717, 1.165) is 17.7 Å². The Morgan fingerprint density at radius 2 is 1.59 bits per heavy atom. The van der Waals surface area contributed by atoms with Crippen molar-refractivity contribution >= 4 is 23.3 Å². The summed E-state index contributed by atoms with van der Waals surface area (Å²) in [6.07, 6.45) is -5.65. The van der Waals surface area contributed by atoms with Gasteiger partial charge in [0.15, 0.2) is 6.29 Å². The van der Waals surface area contributed by atoms with Crippen LogP contribution in [-0.2, 0) is 18.1 Å². The van der Waals surface area contributed by atoms with E-state index < -0.39 is 30.0 Å². The lowest BCUT2D eigenvalue weighted by atomic mass is 9.87. The molecule has 0 aliphatic rings. The average Bonchev–Trinajstić information content (AvgIpc) is 2.87. The molecule has 3 amide bonds. The van der Waals surface area contributed by atoms with Gasteiger partial charge in [0, 0.05) is 16.9 Å². The van der Waals surface area contributed by atoms with E-state index in [1.807, 2.05) is 12.1 Å². The summed E-state index contributed by atoms with van der Waals surface area (Å²) in [4.78, 5) is 27.1. The van der Waals surface area contributed by atoms with Crippen molar-refractivity contribution in [3.8, 4) is 0 Å². The van der Waals surface area contributed by atoms with E-state index in [4.69, 9.17) is 11.6 Å².